The average Bonchev–Trinajstić information content (AvgIpc) is 2.53. The van der Waals surface area contributed by atoms with Gasteiger partial charge in [0.25, 0.3) is 0 Å². The lowest BCUT2D eigenvalue weighted by atomic mass is 10.1. The van der Waals surface area contributed by atoms with Crippen molar-refractivity contribution < 1.29 is 18.6 Å². The summed E-state index contributed by atoms with van der Waals surface area (Å²) in [4.78, 5) is 12.1. The van der Waals surface area contributed by atoms with E-state index in [1.807, 2.05) is 0 Å². The number of ether oxygens (including phenoxy) is 3. The number of rotatable bonds is 3. The Hall–Kier alpha value is -2.69. The first kappa shape index (κ1) is 13.3. The van der Waals surface area contributed by atoms with E-state index in [0.29, 0.717) is 33.6 Å². The van der Waals surface area contributed by atoms with Crippen molar-refractivity contribution in [3.63, 3.8) is 0 Å². The van der Waals surface area contributed by atoms with Crippen LogP contribution in [0, 0.1) is 0 Å². The third kappa shape index (κ3) is 2.07. The van der Waals surface area contributed by atoms with Crippen LogP contribution in [0.15, 0.2) is 39.5 Å². The van der Waals surface area contributed by atoms with Crippen molar-refractivity contribution in [3.05, 3.63) is 40.8 Å². The minimum absolute atomic E-state index is 0.407. The van der Waals surface area contributed by atoms with Crippen LogP contribution in [0.1, 0.15) is 0 Å². The molecule has 5 heteroatoms. The Morgan fingerprint density at radius 1 is 0.857 bits per heavy atom. The highest BCUT2D eigenvalue weighted by molar-refractivity contribution is 6.08. The van der Waals surface area contributed by atoms with Crippen LogP contribution in [0.4, 0.5) is 0 Å². The summed E-state index contributed by atoms with van der Waals surface area (Å²) in [5.41, 5.74) is 0.00686. The number of fused-ring (bicyclic) bond motifs is 3. The number of hydrogen-bond acceptors (Lipinski definition) is 5. The number of benzene rings is 2. The average molecular weight is 286 g/mol. The molecule has 2 aromatic carbocycles. The largest absolute Gasteiger partial charge is 0.497 e. The van der Waals surface area contributed by atoms with Gasteiger partial charge in [-0.25, -0.2) is 4.79 Å². The summed E-state index contributed by atoms with van der Waals surface area (Å²) in [5.74, 6) is 1.79. The summed E-state index contributed by atoms with van der Waals surface area (Å²) in [6.45, 7) is 0. The van der Waals surface area contributed by atoms with Gasteiger partial charge in [-0.3, -0.25) is 0 Å². The quantitative estimate of drug-likeness (QED) is 0.547. The van der Waals surface area contributed by atoms with Crippen LogP contribution in [0.25, 0.3) is 21.7 Å². The molecule has 21 heavy (non-hydrogen) atoms. The van der Waals surface area contributed by atoms with Gasteiger partial charge in [-0.15, -0.1) is 0 Å². The molecule has 5 nitrogen and oxygen atoms in total. The summed E-state index contributed by atoms with van der Waals surface area (Å²) in [7, 11) is 4.68. The van der Waals surface area contributed by atoms with Gasteiger partial charge in [0.15, 0.2) is 0 Å². The van der Waals surface area contributed by atoms with E-state index >= 15 is 0 Å². The Balaban J connectivity index is 2.53. The Labute approximate surface area is 120 Å². The van der Waals surface area contributed by atoms with Crippen molar-refractivity contribution in [2.45, 2.75) is 0 Å². The fourth-order valence-electron chi connectivity index (χ4n) is 2.38. The van der Waals surface area contributed by atoms with E-state index in [9.17, 15) is 4.79 Å². The van der Waals surface area contributed by atoms with Gasteiger partial charge in [0.05, 0.1) is 32.1 Å². The summed E-state index contributed by atoms with van der Waals surface area (Å²) < 4.78 is 21.2. The van der Waals surface area contributed by atoms with Crippen molar-refractivity contribution >= 4 is 21.7 Å². The van der Waals surface area contributed by atoms with Crippen LogP contribution in [-0.4, -0.2) is 21.3 Å². The van der Waals surface area contributed by atoms with Crippen LogP contribution >= 0.6 is 0 Å². The summed E-state index contributed by atoms with van der Waals surface area (Å²) in [5, 5.41) is 1.92. The highest BCUT2D eigenvalue weighted by Gasteiger charge is 2.14. The van der Waals surface area contributed by atoms with Crippen molar-refractivity contribution in [1.82, 2.24) is 0 Å². The van der Waals surface area contributed by atoms with Crippen LogP contribution in [0.2, 0.25) is 0 Å². The van der Waals surface area contributed by atoms with Crippen molar-refractivity contribution in [1.29, 1.82) is 0 Å². The standard InChI is InChI=1S/C16H14O5/c1-18-9-4-5-11-12(6-9)15-13(20-3)7-10(19-2)8-14(15)21-16(11)17/h4-8H,1-3H3. The second kappa shape index (κ2) is 5.01. The third-order valence-electron chi connectivity index (χ3n) is 3.41. The van der Waals surface area contributed by atoms with Gasteiger partial charge in [-0.05, 0) is 18.2 Å². The van der Waals surface area contributed by atoms with Crippen LogP contribution in [0.5, 0.6) is 17.2 Å². The molecule has 108 valence electrons. The molecule has 0 bridgehead atoms. The molecule has 0 aliphatic carbocycles. The summed E-state index contributed by atoms with van der Waals surface area (Å²) >= 11 is 0. The van der Waals surface area contributed by atoms with Crippen molar-refractivity contribution in [2.24, 2.45) is 0 Å². The fraction of sp³-hybridized carbons (Fsp3) is 0.188. The Bertz CT molecular complexity index is 879. The predicted molar refractivity (Wildman–Crippen MR) is 79.6 cm³/mol. The van der Waals surface area contributed by atoms with Gasteiger partial charge in [0, 0.05) is 17.5 Å². The Morgan fingerprint density at radius 2 is 1.62 bits per heavy atom. The Kier molecular flexibility index (Phi) is 3.17. The van der Waals surface area contributed by atoms with E-state index in [4.69, 9.17) is 18.6 Å². The van der Waals surface area contributed by atoms with Crippen LogP contribution in [0.3, 0.4) is 0 Å². The lowest BCUT2D eigenvalue weighted by molar-refractivity contribution is 0.396. The molecule has 0 radical (unpaired) electrons. The van der Waals surface area contributed by atoms with E-state index in [0.717, 1.165) is 5.39 Å². The molecule has 0 fully saturated rings. The molecular weight excluding hydrogens is 272 g/mol. The SMILES string of the molecule is COc1cc(OC)c2c(c1)oc(=O)c1ccc(OC)cc12. The maximum Gasteiger partial charge on any atom is 0.344 e. The van der Waals surface area contributed by atoms with Gasteiger partial charge < -0.3 is 18.6 Å². The molecule has 0 aliphatic heterocycles. The first-order valence-corrected chi connectivity index (χ1v) is 6.34. The van der Waals surface area contributed by atoms with Gasteiger partial charge in [0.1, 0.15) is 22.8 Å². The van der Waals surface area contributed by atoms with Gasteiger partial charge in [-0.2, -0.15) is 0 Å². The van der Waals surface area contributed by atoms with E-state index < -0.39 is 5.63 Å². The monoisotopic (exact) mass is 286 g/mol. The minimum Gasteiger partial charge on any atom is -0.497 e. The molecule has 1 aromatic heterocycles. The topological polar surface area (TPSA) is 57.9 Å². The molecule has 3 rings (SSSR count). The first-order valence-electron chi connectivity index (χ1n) is 6.34. The Morgan fingerprint density at radius 3 is 2.29 bits per heavy atom. The predicted octanol–water partition coefficient (Wildman–Crippen LogP) is 2.97. The first-order chi connectivity index (χ1) is 10.2. The third-order valence-corrected chi connectivity index (χ3v) is 3.41. The van der Waals surface area contributed by atoms with E-state index in [1.54, 1.807) is 51.7 Å². The van der Waals surface area contributed by atoms with Crippen LogP contribution < -0.4 is 19.8 Å². The van der Waals surface area contributed by atoms with Gasteiger partial charge in [0.2, 0.25) is 0 Å². The molecule has 0 unspecified atom stereocenters. The molecular formula is C16H14O5. The minimum atomic E-state index is -0.407. The summed E-state index contributed by atoms with van der Waals surface area (Å²) in [6.07, 6.45) is 0. The van der Waals surface area contributed by atoms with E-state index in [-0.39, 0.29) is 0 Å². The van der Waals surface area contributed by atoms with Crippen LogP contribution in [-0.2, 0) is 0 Å². The summed E-state index contributed by atoms with van der Waals surface area (Å²) in [6, 6.07) is 8.62. The van der Waals surface area contributed by atoms with E-state index in [1.165, 1.54) is 0 Å². The van der Waals surface area contributed by atoms with E-state index in [2.05, 4.69) is 0 Å². The lowest BCUT2D eigenvalue weighted by Crippen LogP contribution is -2.01. The normalized spacial score (nSPS) is 10.8. The number of methoxy groups -OCH3 is 3. The molecule has 0 atom stereocenters. The van der Waals surface area contributed by atoms with Crippen molar-refractivity contribution in [2.75, 3.05) is 21.3 Å². The molecule has 0 aliphatic rings. The highest BCUT2D eigenvalue weighted by Crippen LogP contribution is 2.36. The smallest absolute Gasteiger partial charge is 0.344 e. The van der Waals surface area contributed by atoms with Crippen molar-refractivity contribution in [3.8, 4) is 17.2 Å². The van der Waals surface area contributed by atoms with Gasteiger partial charge in [-0.1, -0.05) is 0 Å². The maximum atomic E-state index is 12.1. The van der Waals surface area contributed by atoms with Gasteiger partial charge >= 0.3 is 5.63 Å². The molecule has 0 spiro atoms. The zero-order valence-corrected chi connectivity index (χ0v) is 11.9. The lowest BCUT2D eigenvalue weighted by Gasteiger charge is -2.10. The second-order valence-corrected chi connectivity index (χ2v) is 4.50. The highest BCUT2D eigenvalue weighted by atomic mass is 16.5. The molecule has 0 amide bonds. The maximum absolute atomic E-state index is 12.1. The molecule has 3 aromatic rings. The second-order valence-electron chi connectivity index (χ2n) is 4.50. The zero-order valence-electron chi connectivity index (χ0n) is 11.9. The number of hydrogen-bond donors (Lipinski definition) is 0. The molecule has 0 saturated carbocycles. The molecule has 0 saturated heterocycles. The fourth-order valence-corrected chi connectivity index (χ4v) is 2.38. The molecule has 1 heterocycles. The zero-order chi connectivity index (χ0) is 15.0. The molecule has 0 N–H and O–H groups in total.